The average molecular weight is 490 g/mol. The molecule has 5 aliphatic carbocycles. The van der Waals surface area contributed by atoms with E-state index in [0.29, 0.717) is 11.7 Å². The number of carbonyl (C=O) groups is 2. The Morgan fingerprint density at radius 2 is 1.64 bits per heavy atom. The van der Waals surface area contributed by atoms with Gasteiger partial charge in [0.25, 0.3) is 0 Å². The van der Waals surface area contributed by atoms with E-state index in [-0.39, 0.29) is 56.0 Å². The van der Waals surface area contributed by atoms with Crippen LogP contribution in [-0.2, 0) is 9.59 Å². The lowest BCUT2D eigenvalue weighted by Crippen LogP contribution is -2.65. The summed E-state index contributed by atoms with van der Waals surface area (Å²) in [6.45, 7) is 28.4. The molecule has 0 aliphatic heterocycles. The Morgan fingerprint density at radius 3 is 2.25 bits per heavy atom. The molecule has 8 atom stereocenters. The Morgan fingerprint density at radius 1 is 1.00 bits per heavy atom. The van der Waals surface area contributed by atoms with Crippen molar-refractivity contribution in [3.8, 4) is 0 Å². The molecule has 3 fully saturated rings. The molecule has 36 heavy (non-hydrogen) atoms. The SMILES string of the molecule is [C-]#[N+]C1=C[C@]2(C)C3=CC(=O)C4C5CC(C)(C)CC[C@]5(C(C)=O)CC[C@@]4(C)[C@]3(C)CC[C@H]2C(C)(C)C1C. The second-order valence-corrected chi connectivity index (χ2v) is 15.5. The van der Waals surface area contributed by atoms with Gasteiger partial charge < -0.3 is 0 Å². The molecule has 0 spiro atoms. The maximum Gasteiger partial charge on any atom is 0.165 e. The molecule has 0 radical (unpaired) electrons. The fourth-order valence-corrected chi connectivity index (χ4v) is 10.6. The van der Waals surface area contributed by atoms with Crippen molar-refractivity contribution in [2.75, 3.05) is 0 Å². The summed E-state index contributed by atoms with van der Waals surface area (Å²) in [6.07, 6.45) is 11.3. The first-order valence-electron chi connectivity index (χ1n) is 14.4. The van der Waals surface area contributed by atoms with E-state index in [2.05, 4.69) is 66.3 Å². The van der Waals surface area contributed by atoms with Crippen LogP contribution in [0, 0.1) is 62.7 Å². The Balaban J connectivity index is 1.70. The third-order valence-electron chi connectivity index (χ3n) is 13.3. The fraction of sp³-hybridized carbons (Fsp3) is 0.788. The van der Waals surface area contributed by atoms with Gasteiger partial charge in [-0.1, -0.05) is 67.0 Å². The summed E-state index contributed by atoms with van der Waals surface area (Å²) in [6, 6.07) is 0. The largest absolute Gasteiger partial charge is 0.299 e. The van der Waals surface area contributed by atoms with Crippen LogP contribution in [0.3, 0.4) is 0 Å². The van der Waals surface area contributed by atoms with Crippen molar-refractivity contribution in [3.63, 3.8) is 0 Å². The first kappa shape index (κ1) is 25.9. The molecule has 3 heteroatoms. The van der Waals surface area contributed by atoms with Crippen molar-refractivity contribution in [2.24, 2.45) is 56.2 Å². The van der Waals surface area contributed by atoms with Gasteiger partial charge in [0.05, 0.1) is 6.57 Å². The normalized spacial score (nSPS) is 48.7. The molecule has 0 heterocycles. The van der Waals surface area contributed by atoms with E-state index in [1.54, 1.807) is 6.92 Å². The van der Waals surface area contributed by atoms with Crippen LogP contribution >= 0.6 is 0 Å². The number of Topliss-reactive ketones (excluding diaryl/α,β-unsaturated/α-hetero) is 1. The molecular formula is C33H47NO2. The Bertz CT molecular complexity index is 1130. The van der Waals surface area contributed by atoms with Crippen molar-refractivity contribution < 1.29 is 9.59 Å². The van der Waals surface area contributed by atoms with E-state index in [9.17, 15) is 9.59 Å². The first-order valence-corrected chi connectivity index (χ1v) is 14.4. The minimum absolute atomic E-state index is 0.00387. The monoisotopic (exact) mass is 489 g/mol. The molecule has 3 nitrogen and oxygen atoms in total. The van der Waals surface area contributed by atoms with Gasteiger partial charge in [0, 0.05) is 16.7 Å². The van der Waals surface area contributed by atoms with Gasteiger partial charge in [0.1, 0.15) is 5.78 Å². The van der Waals surface area contributed by atoms with Crippen LogP contribution in [0.2, 0.25) is 0 Å². The van der Waals surface area contributed by atoms with Gasteiger partial charge in [0.15, 0.2) is 11.5 Å². The maximum atomic E-state index is 14.4. The number of carbonyl (C=O) groups excluding carboxylic acids is 2. The van der Waals surface area contributed by atoms with Crippen molar-refractivity contribution in [2.45, 2.75) is 107 Å². The fourth-order valence-electron chi connectivity index (χ4n) is 10.6. The zero-order valence-electron chi connectivity index (χ0n) is 24.2. The highest BCUT2D eigenvalue weighted by Gasteiger charge is 2.70. The van der Waals surface area contributed by atoms with Crippen LogP contribution in [0.5, 0.6) is 0 Å². The molecule has 0 aromatic heterocycles. The molecule has 0 N–H and O–H groups in total. The summed E-state index contributed by atoms with van der Waals surface area (Å²) in [5, 5.41) is 0. The number of hydrogen-bond donors (Lipinski definition) is 0. The highest BCUT2D eigenvalue weighted by molar-refractivity contribution is 5.96. The third-order valence-corrected chi connectivity index (χ3v) is 13.3. The highest BCUT2D eigenvalue weighted by atomic mass is 16.1. The molecule has 0 amide bonds. The summed E-state index contributed by atoms with van der Waals surface area (Å²) in [5.74, 6) is 1.23. The van der Waals surface area contributed by atoms with Crippen molar-refractivity contribution >= 4 is 11.6 Å². The van der Waals surface area contributed by atoms with Crippen molar-refractivity contribution in [3.05, 3.63) is 34.8 Å². The van der Waals surface area contributed by atoms with Gasteiger partial charge >= 0.3 is 0 Å². The summed E-state index contributed by atoms with van der Waals surface area (Å²) < 4.78 is 0. The lowest BCUT2D eigenvalue weighted by molar-refractivity contribution is -0.176. The van der Waals surface area contributed by atoms with Crippen LogP contribution in [0.25, 0.3) is 4.85 Å². The quantitative estimate of drug-likeness (QED) is 0.348. The van der Waals surface area contributed by atoms with Gasteiger partial charge in [0.2, 0.25) is 0 Å². The van der Waals surface area contributed by atoms with E-state index in [4.69, 9.17) is 6.57 Å². The number of hydrogen-bond acceptors (Lipinski definition) is 2. The minimum atomic E-state index is -0.336. The van der Waals surface area contributed by atoms with Crippen LogP contribution in [-0.4, -0.2) is 11.6 Å². The number of ketones is 2. The van der Waals surface area contributed by atoms with Gasteiger partial charge in [-0.05, 0) is 97.4 Å². The molecule has 0 aromatic rings. The van der Waals surface area contributed by atoms with E-state index in [0.717, 1.165) is 50.6 Å². The van der Waals surface area contributed by atoms with Crippen molar-refractivity contribution in [1.82, 2.24) is 0 Å². The summed E-state index contributed by atoms with van der Waals surface area (Å²) in [4.78, 5) is 31.6. The molecule has 3 saturated carbocycles. The van der Waals surface area contributed by atoms with Crippen LogP contribution in [0.15, 0.2) is 23.4 Å². The Kier molecular flexibility index (Phi) is 5.37. The second-order valence-electron chi connectivity index (χ2n) is 15.5. The molecule has 5 rings (SSSR count). The smallest absolute Gasteiger partial charge is 0.165 e. The lowest BCUT2D eigenvalue weighted by atomic mass is 9.34. The number of rotatable bonds is 1. The van der Waals surface area contributed by atoms with Gasteiger partial charge in [-0.15, -0.1) is 0 Å². The second kappa shape index (κ2) is 7.45. The van der Waals surface area contributed by atoms with Gasteiger partial charge in [-0.25, -0.2) is 4.85 Å². The molecule has 5 aliphatic rings. The predicted octanol–water partition coefficient (Wildman–Crippen LogP) is 8.22. The topological polar surface area (TPSA) is 38.5 Å². The number of allylic oxidation sites excluding steroid dienone is 4. The summed E-state index contributed by atoms with van der Waals surface area (Å²) in [7, 11) is 0. The lowest BCUT2D eigenvalue weighted by Gasteiger charge is -2.69. The predicted molar refractivity (Wildman–Crippen MR) is 145 cm³/mol. The Hall–Kier alpha value is -1.69. The van der Waals surface area contributed by atoms with E-state index in [1.807, 2.05) is 6.08 Å². The van der Waals surface area contributed by atoms with Crippen LogP contribution < -0.4 is 0 Å². The highest BCUT2D eigenvalue weighted by Crippen LogP contribution is 2.75. The molecular weight excluding hydrogens is 442 g/mol. The molecule has 0 saturated heterocycles. The van der Waals surface area contributed by atoms with Crippen LogP contribution in [0.1, 0.15) is 107 Å². The first-order chi connectivity index (χ1) is 16.5. The average Bonchev–Trinajstić information content (AvgIpc) is 2.77. The molecule has 0 aromatic carbocycles. The summed E-state index contributed by atoms with van der Waals surface area (Å²) in [5.41, 5.74) is 1.40. The molecule has 0 bridgehead atoms. The van der Waals surface area contributed by atoms with E-state index >= 15 is 0 Å². The zero-order chi connectivity index (χ0) is 26.7. The summed E-state index contributed by atoms with van der Waals surface area (Å²) >= 11 is 0. The van der Waals surface area contributed by atoms with E-state index < -0.39 is 0 Å². The maximum absolute atomic E-state index is 14.4. The molecule has 3 unspecified atom stereocenters. The molecule has 196 valence electrons. The van der Waals surface area contributed by atoms with Gasteiger partial charge in [-0.3, -0.25) is 9.59 Å². The zero-order valence-corrected chi connectivity index (χ0v) is 24.2. The van der Waals surface area contributed by atoms with Crippen LogP contribution in [0.4, 0.5) is 0 Å². The number of fused-ring (bicyclic) bond motifs is 7. The standard InChI is InChI=1S/C33H47NO2/c1-20-23(34-10)19-30(7)25(29(20,5)6)11-12-31(8)26(30)17-24(36)27-22-18-28(3,4)13-15-33(22,21(2)35)16-14-32(27,31)9/h17,19-20,22,25,27H,11-16,18H2,1-9H3/t20?,22?,25-,27?,30-,31+,32+,33+/m0/s1. The third kappa shape index (κ3) is 2.97. The van der Waals surface area contributed by atoms with Crippen molar-refractivity contribution in [1.29, 1.82) is 0 Å². The van der Waals surface area contributed by atoms with E-state index in [1.165, 1.54) is 5.57 Å². The van der Waals surface area contributed by atoms with Gasteiger partial charge in [-0.2, -0.15) is 0 Å². The minimum Gasteiger partial charge on any atom is -0.299 e. The number of nitrogens with zero attached hydrogens (tertiary/aromatic N) is 1. The Labute approximate surface area is 219 Å².